The first kappa shape index (κ1) is 14.9. The Hall–Kier alpha value is -1.63. The van der Waals surface area contributed by atoms with Crippen LogP contribution in [0.3, 0.4) is 0 Å². The van der Waals surface area contributed by atoms with Crippen molar-refractivity contribution in [3.05, 3.63) is 39.7 Å². The van der Waals surface area contributed by atoms with E-state index in [0.717, 1.165) is 28.7 Å². The van der Waals surface area contributed by atoms with Crippen LogP contribution in [-0.4, -0.2) is 37.2 Å². The number of benzene rings is 1. The van der Waals surface area contributed by atoms with Gasteiger partial charge in [0.1, 0.15) is 5.82 Å². The molecule has 1 amide bonds. The molecule has 5 nitrogen and oxygen atoms in total. The predicted molar refractivity (Wildman–Crippen MR) is 91.7 cm³/mol. The molecule has 1 fully saturated rings. The van der Waals surface area contributed by atoms with E-state index < -0.39 is 0 Å². The number of hydrogen-bond donors (Lipinski definition) is 1. The van der Waals surface area contributed by atoms with Gasteiger partial charge in [0.25, 0.3) is 0 Å². The third-order valence-corrected chi connectivity index (χ3v) is 5.60. The monoisotopic (exact) mass is 349 g/mol. The van der Waals surface area contributed by atoms with Gasteiger partial charge in [-0.1, -0.05) is 35.1 Å². The molecule has 1 atom stereocenters. The fraction of sp³-hybridized carbons (Fsp3) is 0.375. The highest BCUT2D eigenvalue weighted by Gasteiger charge is 2.31. The molecule has 1 N–H and O–H groups in total. The standard InChI is InChI=1S/C16H16ClN3O2S/c17-11-3-1-2-10(8-11)12-9-13(21)18-15-14(12)23-16(19-15)20-4-6-22-7-5-20/h1-3,8,12H,4-7,9H2,(H,18,21). The van der Waals surface area contributed by atoms with Gasteiger partial charge in [-0.25, -0.2) is 4.98 Å². The Labute approximate surface area is 143 Å². The molecule has 1 saturated heterocycles. The molecule has 7 heteroatoms. The molecule has 1 aromatic heterocycles. The summed E-state index contributed by atoms with van der Waals surface area (Å²) in [6, 6.07) is 7.73. The van der Waals surface area contributed by atoms with Gasteiger partial charge in [0.05, 0.1) is 18.1 Å². The van der Waals surface area contributed by atoms with E-state index in [9.17, 15) is 4.79 Å². The summed E-state index contributed by atoms with van der Waals surface area (Å²) in [7, 11) is 0. The van der Waals surface area contributed by atoms with E-state index in [1.807, 2.05) is 24.3 Å². The van der Waals surface area contributed by atoms with Gasteiger partial charge in [0, 0.05) is 30.5 Å². The van der Waals surface area contributed by atoms with Crippen molar-refractivity contribution in [3.63, 3.8) is 0 Å². The number of thiazole rings is 1. The molecule has 0 bridgehead atoms. The molecule has 2 aliphatic heterocycles. The van der Waals surface area contributed by atoms with Crippen LogP contribution in [0.5, 0.6) is 0 Å². The van der Waals surface area contributed by atoms with E-state index in [2.05, 4.69) is 15.2 Å². The molecule has 120 valence electrons. The van der Waals surface area contributed by atoms with Crippen molar-refractivity contribution < 1.29 is 9.53 Å². The molecule has 23 heavy (non-hydrogen) atoms. The summed E-state index contributed by atoms with van der Waals surface area (Å²) in [6.45, 7) is 3.10. The number of anilines is 2. The number of morpholine rings is 1. The summed E-state index contributed by atoms with van der Waals surface area (Å²) >= 11 is 7.77. The van der Waals surface area contributed by atoms with E-state index in [0.29, 0.717) is 30.5 Å². The number of halogens is 1. The highest BCUT2D eigenvalue weighted by Crippen LogP contribution is 2.43. The van der Waals surface area contributed by atoms with Crippen LogP contribution >= 0.6 is 22.9 Å². The minimum absolute atomic E-state index is 0.00121. The number of amides is 1. The molecular weight excluding hydrogens is 334 g/mol. The van der Waals surface area contributed by atoms with E-state index >= 15 is 0 Å². The number of nitrogens with zero attached hydrogens (tertiary/aromatic N) is 2. The van der Waals surface area contributed by atoms with Crippen molar-refractivity contribution >= 4 is 39.8 Å². The van der Waals surface area contributed by atoms with Gasteiger partial charge in [-0.05, 0) is 17.7 Å². The minimum atomic E-state index is 0.00121. The molecule has 2 aromatic rings. The van der Waals surface area contributed by atoms with Crippen molar-refractivity contribution in [1.82, 2.24) is 4.98 Å². The van der Waals surface area contributed by atoms with Gasteiger partial charge in [0.15, 0.2) is 5.13 Å². The van der Waals surface area contributed by atoms with Gasteiger partial charge < -0.3 is 15.0 Å². The fourth-order valence-corrected chi connectivity index (χ4v) is 4.39. The number of aromatic nitrogens is 1. The Kier molecular flexibility index (Phi) is 3.97. The second kappa shape index (κ2) is 6.11. The SMILES string of the molecule is O=C1CC(c2cccc(Cl)c2)c2sc(N3CCOCC3)nc2N1. The Bertz CT molecular complexity index is 743. The average molecular weight is 350 g/mol. The molecule has 4 rings (SSSR count). The van der Waals surface area contributed by atoms with Crippen LogP contribution in [0, 0.1) is 0 Å². The van der Waals surface area contributed by atoms with Crippen LogP contribution in [0.1, 0.15) is 22.8 Å². The number of hydrogen-bond acceptors (Lipinski definition) is 5. The van der Waals surface area contributed by atoms with Crippen LogP contribution in [0.4, 0.5) is 10.9 Å². The number of carbonyl (C=O) groups is 1. The van der Waals surface area contributed by atoms with Crippen LogP contribution in [0.25, 0.3) is 0 Å². The molecule has 2 aliphatic rings. The summed E-state index contributed by atoms with van der Waals surface area (Å²) in [5, 5.41) is 4.54. The van der Waals surface area contributed by atoms with Gasteiger partial charge in [-0.3, -0.25) is 4.79 Å². The smallest absolute Gasteiger partial charge is 0.226 e. The largest absolute Gasteiger partial charge is 0.378 e. The Morgan fingerprint density at radius 2 is 2.17 bits per heavy atom. The van der Waals surface area contributed by atoms with Crippen molar-refractivity contribution in [2.24, 2.45) is 0 Å². The van der Waals surface area contributed by atoms with E-state index in [-0.39, 0.29) is 11.8 Å². The van der Waals surface area contributed by atoms with Crippen LogP contribution in [0.15, 0.2) is 24.3 Å². The van der Waals surface area contributed by atoms with Crippen molar-refractivity contribution in [1.29, 1.82) is 0 Å². The number of rotatable bonds is 2. The van der Waals surface area contributed by atoms with Crippen molar-refractivity contribution in [3.8, 4) is 0 Å². The van der Waals surface area contributed by atoms with E-state index in [1.54, 1.807) is 11.3 Å². The minimum Gasteiger partial charge on any atom is -0.378 e. The molecule has 1 unspecified atom stereocenters. The van der Waals surface area contributed by atoms with Crippen LogP contribution in [0.2, 0.25) is 5.02 Å². The first-order valence-electron chi connectivity index (χ1n) is 7.59. The van der Waals surface area contributed by atoms with Gasteiger partial charge in [-0.15, -0.1) is 0 Å². The lowest BCUT2D eigenvalue weighted by molar-refractivity contribution is -0.116. The number of fused-ring (bicyclic) bond motifs is 1. The molecule has 0 radical (unpaired) electrons. The highest BCUT2D eigenvalue weighted by molar-refractivity contribution is 7.16. The average Bonchev–Trinajstić information content (AvgIpc) is 2.98. The number of nitrogens with one attached hydrogen (secondary N) is 1. The molecule has 0 saturated carbocycles. The number of ether oxygens (including phenoxy) is 1. The third kappa shape index (κ3) is 2.94. The lowest BCUT2D eigenvalue weighted by Gasteiger charge is -2.26. The second-order valence-corrected chi connectivity index (χ2v) is 7.11. The maximum absolute atomic E-state index is 12.1. The molecule has 0 aliphatic carbocycles. The molecular formula is C16H16ClN3O2S. The highest BCUT2D eigenvalue weighted by atomic mass is 35.5. The summed E-state index contributed by atoms with van der Waals surface area (Å²) in [5.41, 5.74) is 1.06. The fourth-order valence-electron chi connectivity index (χ4n) is 2.99. The van der Waals surface area contributed by atoms with E-state index in [4.69, 9.17) is 16.3 Å². The quantitative estimate of drug-likeness (QED) is 0.905. The molecule has 0 spiro atoms. The third-order valence-electron chi connectivity index (χ3n) is 4.14. The topological polar surface area (TPSA) is 54.5 Å². The van der Waals surface area contributed by atoms with E-state index in [1.165, 1.54) is 0 Å². The Morgan fingerprint density at radius 1 is 1.35 bits per heavy atom. The lowest BCUT2D eigenvalue weighted by atomic mass is 9.92. The van der Waals surface area contributed by atoms with Crippen molar-refractivity contribution in [2.45, 2.75) is 12.3 Å². The van der Waals surface area contributed by atoms with Crippen LogP contribution in [-0.2, 0) is 9.53 Å². The summed E-state index contributed by atoms with van der Waals surface area (Å²) in [5.74, 6) is 0.712. The van der Waals surface area contributed by atoms with Crippen molar-refractivity contribution in [2.75, 3.05) is 36.5 Å². The summed E-state index contributed by atoms with van der Waals surface area (Å²) < 4.78 is 5.39. The summed E-state index contributed by atoms with van der Waals surface area (Å²) in [4.78, 5) is 20.0. The first-order chi connectivity index (χ1) is 11.2. The molecule has 3 heterocycles. The van der Waals surface area contributed by atoms with Crippen LogP contribution < -0.4 is 10.2 Å². The summed E-state index contributed by atoms with van der Waals surface area (Å²) in [6.07, 6.45) is 0.429. The van der Waals surface area contributed by atoms with Gasteiger partial charge >= 0.3 is 0 Å². The predicted octanol–water partition coefficient (Wildman–Crippen LogP) is 3.11. The lowest BCUT2D eigenvalue weighted by Crippen LogP contribution is -2.36. The maximum Gasteiger partial charge on any atom is 0.226 e. The Balaban J connectivity index is 1.71. The second-order valence-electron chi connectivity index (χ2n) is 5.67. The van der Waals surface area contributed by atoms with Gasteiger partial charge in [-0.2, -0.15) is 0 Å². The normalized spacial score (nSPS) is 21.0. The maximum atomic E-state index is 12.1. The zero-order valence-electron chi connectivity index (χ0n) is 12.4. The zero-order chi connectivity index (χ0) is 15.8. The molecule has 1 aromatic carbocycles. The first-order valence-corrected chi connectivity index (χ1v) is 8.79. The zero-order valence-corrected chi connectivity index (χ0v) is 14.0. The Morgan fingerprint density at radius 3 is 2.96 bits per heavy atom. The number of carbonyl (C=O) groups excluding carboxylic acids is 1. The van der Waals surface area contributed by atoms with Gasteiger partial charge in [0.2, 0.25) is 5.91 Å².